The highest BCUT2D eigenvalue weighted by molar-refractivity contribution is 6.30. The van der Waals surface area contributed by atoms with Crippen LogP contribution in [0.25, 0.3) is 0 Å². The van der Waals surface area contributed by atoms with Crippen molar-refractivity contribution in [1.82, 2.24) is 4.98 Å². The Bertz CT molecular complexity index is 892. The van der Waals surface area contributed by atoms with Gasteiger partial charge in [0.2, 0.25) is 0 Å². The van der Waals surface area contributed by atoms with Gasteiger partial charge < -0.3 is 10.2 Å². The highest BCUT2D eigenvalue weighted by Crippen LogP contribution is 2.25. The van der Waals surface area contributed by atoms with Gasteiger partial charge in [-0.2, -0.15) is 0 Å². The molecule has 0 spiro atoms. The summed E-state index contributed by atoms with van der Waals surface area (Å²) in [5.74, 6) is 0.643. The summed E-state index contributed by atoms with van der Waals surface area (Å²) >= 11 is 5.85. The summed E-state index contributed by atoms with van der Waals surface area (Å²) in [6.45, 7) is 4.95. The number of aromatic nitrogens is 1. The van der Waals surface area contributed by atoms with Gasteiger partial charge in [-0.25, -0.2) is 4.98 Å². The third-order valence-electron chi connectivity index (χ3n) is 4.02. The standard InChI is InChI=1S/C21H20ClN3O/c1-3-25(19-6-4-5-15(2)13-19)20-12-11-18(14-23-20)24-21(26)16-7-9-17(22)10-8-16/h4-14H,3H2,1-2H3,(H,24,26). The molecule has 0 fully saturated rings. The van der Waals surface area contributed by atoms with Crippen LogP contribution in [0.2, 0.25) is 5.02 Å². The predicted molar refractivity (Wildman–Crippen MR) is 108 cm³/mol. The largest absolute Gasteiger partial charge is 0.327 e. The summed E-state index contributed by atoms with van der Waals surface area (Å²) in [6.07, 6.45) is 1.67. The van der Waals surface area contributed by atoms with Crippen LogP contribution in [0.4, 0.5) is 17.2 Å². The summed E-state index contributed by atoms with van der Waals surface area (Å²) in [4.78, 5) is 18.9. The molecule has 0 saturated heterocycles. The lowest BCUT2D eigenvalue weighted by Gasteiger charge is -2.22. The molecule has 0 aliphatic heterocycles. The van der Waals surface area contributed by atoms with Crippen molar-refractivity contribution in [2.45, 2.75) is 13.8 Å². The van der Waals surface area contributed by atoms with Crippen molar-refractivity contribution in [3.8, 4) is 0 Å². The number of benzene rings is 2. The van der Waals surface area contributed by atoms with Gasteiger partial charge in [0, 0.05) is 22.8 Å². The van der Waals surface area contributed by atoms with Crippen molar-refractivity contribution in [3.63, 3.8) is 0 Å². The topological polar surface area (TPSA) is 45.2 Å². The maximum Gasteiger partial charge on any atom is 0.255 e. The van der Waals surface area contributed by atoms with Gasteiger partial charge in [0.1, 0.15) is 5.82 Å². The van der Waals surface area contributed by atoms with Crippen LogP contribution in [-0.2, 0) is 0 Å². The van der Waals surface area contributed by atoms with Crippen LogP contribution in [0.1, 0.15) is 22.8 Å². The number of pyridine rings is 1. The van der Waals surface area contributed by atoms with Gasteiger partial charge in [-0.05, 0) is 67.9 Å². The number of anilines is 3. The molecular weight excluding hydrogens is 346 g/mol. The zero-order valence-electron chi connectivity index (χ0n) is 14.7. The summed E-state index contributed by atoms with van der Waals surface area (Å²) < 4.78 is 0. The zero-order valence-corrected chi connectivity index (χ0v) is 15.5. The summed E-state index contributed by atoms with van der Waals surface area (Å²) in [5, 5.41) is 3.45. The maximum atomic E-state index is 12.3. The molecule has 0 bridgehead atoms. The number of carbonyl (C=O) groups excluding carboxylic acids is 1. The molecule has 1 amide bonds. The number of halogens is 1. The van der Waals surface area contributed by atoms with E-state index in [1.807, 2.05) is 18.2 Å². The quantitative estimate of drug-likeness (QED) is 0.653. The number of carbonyl (C=O) groups is 1. The second kappa shape index (κ2) is 8.02. The molecule has 0 saturated carbocycles. The second-order valence-corrected chi connectivity index (χ2v) is 6.39. The molecule has 0 atom stereocenters. The molecule has 26 heavy (non-hydrogen) atoms. The molecule has 3 rings (SSSR count). The minimum atomic E-state index is -0.192. The van der Waals surface area contributed by atoms with Crippen molar-refractivity contribution in [2.24, 2.45) is 0 Å². The number of nitrogens with one attached hydrogen (secondary N) is 1. The average Bonchev–Trinajstić information content (AvgIpc) is 2.64. The first-order chi connectivity index (χ1) is 12.6. The fourth-order valence-corrected chi connectivity index (χ4v) is 2.82. The maximum absolute atomic E-state index is 12.3. The normalized spacial score (nSPS) is 10.4. The minimum absolute atomic E-state index is 0.192. The van der Waals surface area contributed by atoms with Gasteiger partial charge >= 0.3 is 0 Å². The Morgan fingerprint density at radius 1 is 1.12 bits per heavy atom. The Hall–Kier alpha value is -2.85. The Kier molecular flexibility index (Phi) is 5.54. The van der Waals surface area contributed by atoms with E-state index in [1.165, 1.54) is 5.56 Å². The molecule has 5 heteroatoms. The molecule has 0 aliphatic carbocycles. The van der Waals surface area contributed by atoms with Crippen LogP contribution >= 0.6 is 11.6 Å². The third kappa shape index (κ3) is 4.21. The van der Waals surface area contributed by atoms with E-state index in [0.29, 0.717) is 16.3 Å². The van der Waals surface area contributed by atoms with Gasteiger partial charge in [-0.1, -0.05) is 23.7 Å². The van der Waals surface area contributed by atoms with Gasteiger partial charge in [0.25, 0.3) is 5.91 Å². The first-order valence-corrected chi connectivity index (χ1v) is 8.82. The van der Waals surface area contributed by atoms with Crippen LogP contribution in [0, 0.1) is 6.92 Å². The van der Waals surface area contributed by atoms with Crippen LogP contribution in [0.3, 0.4) is 0 Å². The third-order valence-corrected chi connectivity index (χ3v) is 4.27. The second-order valence-electron chi connectivity index (χ2n) is 5.95. The molecule has 0 unspecified atom stereocenters. The van der Waals surface area contributed by atoms with Crippen LogP contribution < -0.4 is 10.2 Å². The predicted octanol–water partition coefficient (Wildman–Crippen LogP) is 5.45. The van der Waals surface area contributed by atoms with Gasteiger partial charge in [0.15, 0.2) is 0 Å². The van der Waals surface area contributed by atoms with E-state index in [2.05, 4.69) is 47.2 Å². The number of hydrogen-bond donors (Lipinski definition) is 1. The van der Waals surface area contributed by atoms with E-state index >= 15 is 0 Å². The fourth-order valence-electron chi connectivity index (χ4n) is 2.70. The molecule has 1 heterocycles. The zero-order chi connectivity index (χ0) is 18.5. The molecule has 4 nitrogen and oxygen atoms in total. The number of nitrogens with zero attached hydrogens (tertiary/aromatic N) is 2. The Morgan fingerprint density at radius 2 is 1.88 bits per heavy atom. The van der Waals surface area contributed by atoms with Crippen molar-refractivity contribution in [2.75, 3.05) is 16.8 Å². The lowest BCUT2D eigenvalue weighted by molar-refractivity contribution is 0.102. The Balaban J connectivity index is 1.75. The van der Waals surface area contributed by atoms with Crippen molar-refractivity contribution in [1.29, 1.82) is 0 Å². The monoisotopic (exact) mass is 365 g/mol. The van der Waals surface area contributed by atoms with Crippen LogP contribution in [-0.4, -0.2) is 17.4 Å². The van der Waals surface area contributed by atoms with Gasteiger partial charge in [-0.15, -0.1) is 0 Å². The van der Waals surface area contributed by atoms with E-state index in [9.17, 15) is 4.79 Å². The first kappa shape index (κ1) is 18.0. The molecule has 1 aromatic heterocycles. The van der Waals surface area contributed by atoms with E-state index in [4.69, 9.17) is 11.6 Å². The lowest BCUT2D eigenvalue weighted by atomic mass is 10.2. The van der Waals surface area contributed by atoms with E-state index < -0.39 is 0 Å². The Morgan fingerprint density at radius 3 is 2.50 bits per heavy atom. The molecule has 1 N–H and O–H groups in total. The SMILES string of the molecule is CCN(c1cccc(C)c1)c1ccc(NC(=O)c2ccc(Cl)cc2)cn1. The summed E-state index contributed by atoms with van der Waals surface area (Å²) in [6, 6.07) is 18.8. The molecular formula is C21H20ClN3O. The summed E-state index contributed by atoms with van der Waals surface area (Å²) in [5.41, 5.74) is 3.49. The lowest BCUT2D eigenvalue weighted by Crippen LogP contribution is -2.18. The fraction of sp³-hybridized carbons (Fsp3) is 0.143. The average molecular weight is 366 g/mol. The van der Waals surface area contributed by atoms with Gasteiger partial charge in [-0.3, -0.25) is 4.79 Å². The Labute approximate surface area is 158 Å². The van der Waals surface area contributed by atoms with Gasteiger partial charge in [0.05, 0.1) is 11.9 Å². The van der Waals surface area contributed by atoms with Crippen molar-refractivity contribution in [3.05, 3.63) is 83.0 Å². The minimum Gasteiger partial charge on any atom is -0.327 e. The molecule has 2 aromatic carbocycles. The highest BCUT2D eigenvalue weighted by Gasteiger charge is 2.10. The van der Waals surface area contributed by atoms with Crippen LogP contribution in [0.15, 0.2) is 66.9 Å². The van der Waals surface area contributed by atoms with Crippen molar-refractivity contribution >= 4 is 34.7 Å². The number of rotatable bonds is 5. The molecule has 132 valence electrons. The van der Waals surface area contributed by atoms with E-state index in [1.54, 1.807) is 30.5 Å². The first-order valence-electron chi connectivity index (χ1n) is 8.44. The summed E-state index contributed by atoms with van der Waals surface area (Å²) in [7, 11) is 0. The van der Waals surface area contributed by atoms with E-state index in [0.717, 1.165) is 18.1 Å². The smallest absolute Gasteiger partial charge is 0.255 e. The van der Waals surface area contributed by atoms with Crippen LogP contribution in [0.5, 0.6) is 0 Å². The highest BCUT2D eigenvalue weighted by atomic mass is 35.5. The number of amides is 1. The number of aryl methyl sites for hydroxylation is 1. The molecule has 0 radical (unpaired) electrons. The number of hydrogen-bond acceptors (Lipinski definition) is 3. The van der Waals surface area contributed by atoms with E-state index in [-0.39, 0.29) is 5.91 Å². The van der Waals surface area contributed by atoms with Crippen molar-refractivity contribution < 1.29 is 4.79 Å². The molecule has 0 aliphatic rings. The molecule has 3 aromatic rings.